The van der Waals surface area contributed by atoms with Crippen molar-refractivity contribution in [2.24, 2.45) is 5.73 Å². The minimum Gasteiger partial charge on any atom is -0.392 e. The highest BCUT2D eigenvalue weighted by molar-refractivity contribution is 5.97. The van der Waals surface area contributed by atoms with E-state index in [1.165, 1.54) is 0 Å². The van der Waals surface area contributed by atoms with Gasteiger partial charge in [-0.25, -0.2) is 4.98 Å². The summed E-state index contributed by atoms with van der Waals surface area (Å²) in [6.45, 7) is 3.58. The molecule has 0 fully saturated rings. The molecule has 0 aromatic carbocycles. The van der Waals surface area contributed by atoms with Crippen LogP contribution in [0.3, 0.4) is 0 Å². The van der Waals surface area contributed by atoms with Gasteiger partial charge in [0.25, 0.3) is 5.91 Å². The maximum atomic E-state index is 11.6. The number of carbonyl (C=O) groups excluding carboxylic acids is 1. The van der Waals surface area contributed by atoms with E-state index < -0.39 is 5.91 Å². The molecule has 0 spiro atoms. The van der Waals surface area contributed by atoms with Gasteiger partial charge in [-0.2, -0.15) is 0 Å². The first-order valence-corrected chi connectivity index (χ1v) is 7.53. The number of fused-ring (bicyclic) bond motifs is 1. The zero-order valence-electron chi connectivity index (χ0n) is 12.5. The van der Waals surface area contributed by atoms with Gasteiger partial charge in [0.05, 0.1) is 11.7 Å². The Kier molecular flexibility index (Phi) is 5.52. The maximum Gasteiger partial charge on any atom is 0.252 e. The van der Waals surface area contributed by atoms with Crippen LogP contribution in [-0.2, 0) is 12.8 Å². The van der Waals surface area contributed by atoms with Crippen LogP contribution in [0.4, 0.5) is 5.82 Å². The predicted molar refractivity (Wildman–Crippen MR) is 82.4 cm³/mol. The number of aromatic nitrogens is 1. The molecule has 0 aliphatic heterocycles. The molecule has 6 heteroatoms. The molecule has 1 heterocycles. The molecule has 5 N–H and O–H groups in total. The highest BCUT2D eigenvalue weighted by atomic mass is 16.3. The maximum absolute atomic E-state index is 11.6. The Morgan fingerprint density at radius 3 is 2.90 bits per heavy atom. The second kappa shape index (κ2) is 7.38. The number of nitrogens with zero attached hydrogens (tertiary/aromatic N) is 1. The van der Waals surface area contributed by atoms with E-state index in [-0.39, 0.29) is 6.10 Å². The van der Waals surface area contributed by atoms with Crippen LogP contribution < -0.4 is 16.4 Å². The molecule has 0 radical (unpaired) electrons. The van der Waals surface area contributed by atoms with Gasteiger partial charge in [-0.3, -0.25) is 4.79 Å². The van der Waals surface area contributed by atoms with Crippen LogP contribution in [-0.4, -0.2) is 41.7 Å². The van der Waals surface area contributed by atoms with Crippen molar-refractivity contribution in [1.82, 2.24) is 10.3 Å². The monoisotopic (exact) mass is 292 g/mol. The molecule has 1 amide bonds. The standard InChI is InChI=1S/C15H24N4O2/c1-10(20)9-17-6-7-18-15-12(14(16)21)8-11-4-2-3-5-13(11)19-15/h8,10,17,20H,2-7,9H2,1H3,(H2,16,21)(H,18,19). The Balaban J connectivity index is 2.01. The van der Waals surface area contributed by atoms with E-state index in [1.807, 2.05) is 6.07 Å². The minimum absolute atomic E-state index is 0.368. The summed E-state index contributed by atoms with van der Waals surface area (Å²) in [6, 6.07) is 1.88. The fourth-order valence-electron chi connectivity index (χ4n) is 2.54. The topological polar surface area (TPSA) is 100 Å². The average Bonchev–Trinajstić information content (AvgIpc) is 2.45. The summed E-state index contributed by atoms with van der Waals surface area (Å²) in [5.41, 5.74) is 8.14. The number of primary amides is 1. The van der Waals surface area contributed by atoms with Crippen LogP contribution in [0.25, 0.3) is 0 Å². The van der Waals surface area contributed by atoms with Crippen molar-refractivity contribution in [1.29, 1.82) is 0 Å². The van der Waals surface area contributed by atoms with Gasteiger partial charge in [-0.15, -0.1) is 0 Å². The molecule has 1 unspecified atom stereocenters. The average molecular weight is 292 g/mol. The van der Waals surface area contributed by atoms with Crippen LogP contribution in [0, 0.1) is 0 Å². The van der Waals surface area contributed by atoms with E-state index in [2.05, 4.69) is 15.6 Å². The fraction of sp³-hybridized carbons (Fsp3) is 0.600. The molecular formula is C15H24N4O2. The number of aliphatic hydroxyl groups excluding tert-OH is 1. The summed E-state index contributed by atoms with van der Waals surface area (Å²) in [6.07, 6.45) is 3.85. The van der Waals surface area contributed by atoms with E-state index in [1.54, 1.807) is 6.92 Å². The van der Waals surface area contributed by atoms with E-state index in [0.717, 1.165) is 36.9 Å². The molecule has 1 aliphatic carbocycles. The third-order valence-corrected chi connectivity index (χ3v) is 3.60. The van der Waals surface area contributed by atoms with Crippen LogP contribution >= 0.6 is 0 Å². The molecular weight excluding hydrogens is 268 g/mol. The molecule has 0 saturated heterocycles. The number of hydrogen-bond acceptors (Lipinski definition) is 5. The third kappa shape index (κ3) is 4.41. The first-order chi connectivity index (χ1) is 10.1. The summed E-state index contributed by atoms with van der Waals surface area (Å²) in [7, 11) is 0. The predicted octanol–water partition coefficient (Wildman–Crippen LogP) is 0.442. The molecule has 21 heavy (non-hydrogen) atoms. The van der Waals surface area contributed by atoms with Crippen LogP contribution in [0.1, 0.15) is 41.4 Å². The summed E-state index contributed by atoms with van der Waals surface area (Å²) in [5.74, 6) is 0.123. The Morgan fingerprint density at radius 1 is 1.43 bits per heavy atom. The quantitative estimate of drug-likeness (QED) is 0.546. The van der Waals surface area contributed by atoms with Gasteiger partial charge in [0.2, 0.25) is 0 Å². The van der Waals surface area contributed by atoms with Gasteiger partial charge < -0.3 is 21.5 Å². The Morgan fingerprint density at radius 2 is 2.19 bits per heavy atom. The molecule has 0 bridgehead atoms. The van der Waals surface area contributed by atoms with Crippen molar-refractivity contribution < 1.29 is 9.90 Å². The molecule has 1 aromatic heterocycles. The summed E-state index contributed by atoms with van der Waals surface area (Å²) in [5, 5.41) is 15.4. The van der Waals surface area contributed by atoms with Gasteiger partial charge in [0.15, 0.2) is 0 Å². The second-order valence-corrected chi connectivity index (χ2v) is 5.54. The summed E-state index contributed by atoms with van der Waals surface area (Å²) < 4.78 is 0. The van der Waals surface area contributed by atoms with E-state index in [9.17, 15) is 4.79 Å². The van der Waals surface area contributed by atoms with Crippen molar-refractivity contribution in [3.05, 3.63) is 22.9 Å². The van der Waals surface area contributed by atoms with Crippen molar-refractivity contribution in [2.45, 2.75) is 38.7 Å². The number of pyridine rings is 1. The number of rotatable bonds is 7. The number of aliphatic hydroxyl groups is 1. The highest BCUT2D eigenvalue weighted by Crippen LogP contribution is 2.24. The van der Waals surface area contributed by atoms with E-state index >= 15 is 0 Å². The molecule has 1 atom stereocenters. The number of anilines is 1. The number of carbonyl (C=O) groups is 1. The lowest BCUT2D eigenvalue weighted by atomic mass is 9.94. The smallest absolute Gasteiger partial charge is 0.252 e. The number of nitrogens with one attached hydrogen (secondary N) is 2. The third-order valence-electron chi connectivity index (χ3n) is 3.60. The number of nitrogens with two attached hydrogens (primary N) is 1. The molecule has 0 saturated carbocycles. The second-order valence-electron chi connectivity index (χ2n) is 5.54. The van der Waals surface area contributed by atoms with Crippen LogP contribution in [0.15, 0.2) is 6.07 Å². The molecule has 1 aromatic rings. The summed E-state index contributed by atoms with van der Waals surface area (Å²) in [4.78, 5) is 16.2. The van der Waals surface area contributed by atoms with Crippen molar-refractivity contribution in [3.63, 3.8) is 0 Å². The van der Waals surface area contributed by atoms with Crippen LogP contribution in [0.5, 0.6) is 0 Å². The van der Waals surface area contributed by atoms with Gasteiger partial charge in [-0.05, 0) is 44.2 Å². The molecule has 116 valence electrons. The normalized spacial score (nSPS) is 15.3. The summed E-state index contributed by atoms with van der Waals surface area (Å²) >= 11 is 0. The largest absolute Gasteiger partial charge is 0.392 e. The minimum atomic E-state index is -0.449. The van der Waals surface area contributed by atoms with Crippen molar-refractivity contribution in [3.8, 4) is 0 Å². The Labute approximate surface area is 125 Å². The van der Waals surface area contributed by atoms with Gasteiger partial charge in [0.1, 0.15) is 5.82 Å². The van der Waals surface area contributed by atoms with E-state index in [4.69, 9.17) is 10.8 Å². The molecule has 1 aliphatic rings. The molecule has 2 rings (SSSR count). The van der Waals surface area contributed by atoms with Gasteiger partial charge in [0, 0.05) is 25.3 Å². The van der Waals surface area contributed by atoms with Gasteiger partial charge in [-0.1, -0.05) is 0 Å². The van der Waals surface area contributed by atoms with Crippen LogP contribution in [0.2, 0.25) is 0 Å². The SMILES string of the molecule is CC(O)CNCCNc1nc2c(cc1C(N)=O)CCCC2. The Bertz CT molecular complexity index is 503. The first-order valence-electron chi connectivity index (χ1n) is 7.53. The van der Waals surface area contributed by atoms with Gasteiger partial charge >= 0.3 is 0 Å². The fourth-order valence-corrected chi connectivity index (χ4v) is 2.54. The number of aryl methyl sites for hydroxylation is 2. The first kappa shape index (κ1) is 15.7. The number of amides is 1. The lowest BCUT2D eigenvalue weighted by Crippen LogP contribution is -2.29. The van der Waals surface area contributed by atoms with E-state index in [0.29, 0.717) is 31.0 Å². The molecule has 6 nitrogen and oxygen atoms in total. The van der Waals surface area contributed by atoms with Crippen molar-refractivity contribution >= 4 is 11.7 Å². The highest BCUT2D eigenvalue weighted by Gasteiger charge is 2.17. The lowest BCUT2D eigenvalue weighted by molar-refractivity contribution is 0.100. The zero-order valence-corrected chi connectivity index (χ0v) is 12.5. The Hall–Kier alpha value is -1.66. The van der Waals surface area contributed by atoms with Crippen molar-refractivity contribution in [2.75, 3.05) is 25.0 Å². The lowest BCUT2D eigenvalue weighted by Gasteiger charge is -2.18. The number of hydrogen-bond donors (Lipinski definition) is 4. The zero-order chi connectivity index (χ0) is 15.2.